The zero-order chi connectivity index (χ0) is 11.5. The van der Waals surface area contributed by atoms with Crippen LogP contribution in [0.4, 0.5) is 5.69 Å². The molecule has 0 aliphatic rings. The number of aromatic nitrogens is 2. The highest BCUT2D eigenvalue weighted by Gasteiger charge is 2.05. The minimum absolute atomic E-state index is 0.380. The molecule has 16 heavy (non-hydrogen) atoms. The number of nitrogen functional groups attached to an aromatic ring is 1. The molecule has 82 valence electrons. The van der Waals surface area contributed by atoms with Gasteiger partial charge in [-0.25, -0.2) is 4.98 Å². The van der Waals surface area contributed by atoms with Gasteiger partial charge in [-0.05, 0) is 24.6 Å². The summed E-state index contributed by atoms with van der Waals surface area (Å²) in [6, 6.07) is 8.02. The first kappa shape index (κ1) is 10.4. The van der Waals surface area contributed by atoms with E-state index in [9.17, 15) is 0 Å². The lowest BCUT2D eigenvalue weighted by atomic mass is 10.1. The molecule has 0 saturated carbocycles. The Morgan fingerprint density at radius 3 is 2.75 bits per heavy atom. The monoisotopic (exact) mass is 215 g/mol. The molecular formula is C12H13N3O. The second-order valence-corrected chi connectivity index (χ2v) is 3.48. The fourth-order valence-corrected chi connectivity index (χ4v) is 1.53. The van der Waals surface area contributed by atoms with Crippen molar-refractivity contribution in [1.29, 1.82) is 0 Å². The number of nitrogens with two attached hydrogens (primary N) is 1. The molecule has 0 saturated heterocycles. The Hall–Kier alpha value is -2.10. The first-order valence-corrected chi connectivity index (χ1v) is 4.94. The first-order valence-electron chi connectivity index (χ1n) is 4.94. The van der Waals surface area contributed by atoms with Crippen LogP contribution in [0.5, 0.6) is 6.01 Å². The van der Waals surface area contributed by atoms with Gasteiger partial charge in [-0.3, -0.25) is 0 Å². The lowest BCUT2D eigenvalue weighted by Gasteiger charge is -2.06. The predicted octanol–water partition coefficient (Wildman–Crippen LogP) is 2.04. The third-order valence-electron chi connectivity index (χ3n) is 2.34. The van der Waals surface area contributed by atoms with Gasteiger partial charge in [0.15, 0.2) is 0 Å². The molecule has 0 unspecified atom stereocenters. The Morgan fingerprint density at radius 2 is 2.12 bits per heavy atom. The molecule has 1 aromatic heterocycles. The van der Waals surface area contributed by atoms with Crippen LogP contribution in [0.25, 0.3) is 11.1 Å². The number of hydrogen-bond donors (Lipinski definition) is 1. The molecule has 2 rings (SSSR count). The van der Waals surface area contributed by atoms with Crippen LogP contribution < -0.4 is 10.5 Å². The fraction of sp³-hybridized carbons (Fsp3) is 0.167. The minimum Gasteiger partial charge on any atom is -0.467 e. The second kappa shape index (κ2) is 4.18. The zero-order valence-corrected chi connectivity index (χ0v) is 9.27. The van der Waals surface area contributed by atoms with Crippen molar-refractivity contribution < 1.29 is 4.74 Å². The standard InChI is InChI=1S/C12H13N3O/c1-8-11(7-14-12(15-8)16-2)9-4-3-5-10(13)6-9/h3-7H,13H2,1-2H3. The molecule has 2 N–H and O–H groups in total. The predicted molar refractivity (Wildman–Crippen MR) is 63.2 cm³/mol. The van der Waals surface area contributed by atoms with Crippen molar-refractivity contribution >= 4 is 5.69 Å². The van der Waals surface area contributed by atoms with Crippen LogP contribution in [0.3, 0.4) is 0 Å². The number of benzene rings is 1. The summed E-state index contributed by atoms with van der Waals surface area (Å²) in [5.74, 6) is 0. The van der Waals surface area contributed by atoms with Crippen LogP contribution in [0, 0.1) is 6.92 Å². The van der Waals surface area contributed by atoms with Gasteiger partial charge in [0.05, 0.1) is 12.8 Å². The van der Waals surface area contributed by atoms with Gasteiger partial charge in [0.1, 0.15) is 0 Å². The highest BCUT2D eigenvalue weighted by Crippen LogP contribution is 2.24. The van der Waals surface area contributed by atoms with Gasteiger partial charge >= 0.3 is 6.01 Å². The molecule has 0 amide bonds. The number of methoxy groups -OCH3 is 1. The summed E-state index contributed by atoms with van der Waals surface area (Å²) in [4.78, 5) is 8.31. The Labute approximate surface area is 94.1 Å². The average molecular weight is 215 g/mol. The van der Waals surface area contributed by atoms with Crippen LogP contribution >= 0.6 is 0 Å². The van der Waals surface area contributed by atoms with Gasteiger partial charge in [-0.2, -0.15) is 4.98 Å². The van der Waals surface area contributed by atoms with Gasteiger partial charge in [0.2, 0.25) is 0 Å². The minimum atomic E-state index is 0.380. The fourth-order valence-electron chi connectivity index (χ4n) is 1.53. The molecule has 0 spiro atoms. The average Bonchev–Trinajstić information content (AvgIpc) is 2.28. The van der Waals surface area contributed by atoms with Crippen molar-refractivity contribution in [3.05, 3.63) is 36.2 Å². The summed E-state index contributed by atoms with van der Waals surface area (Å²) in [5.41, 5.74) is 9.32. The molecule has 0 fully saturated rings. The summed E-state index contributed by atoms with van der Waals surface area (Å²) < 4.78 is 4.96. The summed E-state index contributed by atoms with van der Waals surface area (Å²) in [6.07, 6.45) is 1.75. The zero-order valence-electron chi connectivity index (χ0n) is 9.27. The van der Waals surface area contributed by atoms with Crippen molar-refractivity contribution in [2.75, 3.05) is 12.8 Å². The maximum atomic E-state index is 5.74. The van der Waals surface area contributed by atoms with Gasteiger partial charge in [0.25, 0.3) is 0 Å². The molecule has 0 bridgehead atoms. The van der Waals surface area contributed by atoms with E-state index < -0.39 is 0 Å². The smallest absolute Gasteiger partial charge is 0.316 e. The molecular weight excluding hydrogens is 202 g/mol. The first-order chi connectivity index (χ1) is 7.70. The number of ether oxygens (including phenoxy) is 1. The SMILES string of the molecule is COc1ncc(-c2cccc(N)c2)c(C)n1. The number of rotatable bonds is 2. The maximum Gasteiger partial charge on any atom is 0.316 e. The number of anilines is 1. The van der Waals surface area contributed by atoms with E-state index in [4.69, 9.17) is 10.5 Å². The van der Waals surface area contributed by atoms with Crippen molar-refractivity contribution in [3.63, 3.8) is 0 Å². The van der Waals surface area contributed by atoms with E-state index >= 15 is 0 Å². The second-order valence-electron chi connectivity index (χ2n) is 3.48. The quantitative estimate of drug-likeness (QED) is 0.779. The summed E-state index contributed by atoms with van der Waals surface area (Å²) >= 11 is 0. The van der Waals surface area contributed by atoms with Crippen molar-refractivity contribution in [1.82, 2.24) is 9.97 Å². The van der Waals surface area contributed by atoms with Crippen LogP contribution in [-0.2, 0) is 0 Å². The highest BCUT2D eigenvalue weighted by molar-refractivity contribution is 5.68. The Balaban J connectivity index is 2.48. The maximum absolute atomic E-state index is 5.74. The summed E-state index contributed by atoms with van der Waals surface area (Å²) in [5, 5.41) is 0. The van der Waals surface area contributed by atoms with E-state index in [1.807, 2.05) is 31.2 Å². The van der Waals surface area contributed by atoms with E-state index in [0.717, 1.165) is 22.5 Å². The van der Waals surface area contributed by atoms with E-state index in [1.165, 1.54) is 0 Å². The Bertz CT molecular complexity index is 511. The van der Waals surface area contributed by atoms with E-state index in [2.05, 4.69) is 9.97 Å². The van der Waals surface area contributed by atoms with Gasteiger partial charge in [-0.1, -0.05) is 12.1 Å². The summed E-state index contributed by atoms with van der Waals surface area (Å²) in [7, 11) is 1.55. The molecule has 4 nitrogen and oxygen atoms in total. The van der Waals surface area contributed by atoms with Gasteiger partial charge < -0.3 is 10.5 Å². The molecule has 0 aliphatic carbocycles. The number of nitrogens with zero attached hydrogens (tertiary/aromatic N) is 2. The molecule has 1 heterocycles. The molecule has 1 aromatic carbocycles. The number of aryl methyl sites for hydroxylation is 1. The molecule has 0 atom stereocenters. The normalized spacial score (nSPS) is 10.1. The third-order valence-corrected chi connectivity index (χ3v) is 2.34. The van der Waals surface area contributed by atoms with Crippen LogP contribution in [0.2, 0.25) is 0 Å². The van der Waals surface area contributed by atoms with E-state index in [1.54, 1.807) is 13.3 Å². The van der Waals surface area contributed by atoms with Crippen molar-refractivity contribution in [2.45, 2.75) is 6.92 Å². The van der Waals surface area contributed by atoms with E-state index in [0.29, 0.717) is 6.01 Å². The summed E-state index contributed by atoms with van der Waals surface area (Å²) in [6.45, 7) is 1.92. The lowest BCUT2D eigenvalue weighted by Crippen LogP contribution is -1.96. The Kier molecular flexibility index (Phi) is 2.72. The molecule has 0 aliphatic heterocycles. The highest BCUT2D eigenvalue weighted by atomic mass is 16.5. The van der Waals surface area contributed by atoms with Crippen molar-refractivity contribution in [2.24, 2.45) is 0 Å². The largest absolute Gasteiger partial charge is 0.467 e. The van der Waals surface area contributed by atoms with Crippen LogP contribution in [0.15, 0.2) is 30.5 Å². The Morgan fingerprint density at radius 1 is 1.31 bits per heavy atom. The van der Waals surface area contributed by atoms with Gasteiger partial charge in [-0.15, -0.1) is 0 Å². The lowest BCUT2D eigenvalue weighted by molar-refractivity contribution is 0.379. The van der Waals surface area contributed by atoms with Gasteiger partial charge in [0, 0.05) is 17.4 Å². The molecule has 4 heteroatoms. The van der Waals surface area contributed by atoms with Crippen molar-refractivity contribution in [3.8, 4) is 17.1 Å². The third kappa shape index (κ3) is 1.95. The molecule has 0 radical (unpaired) electrons. The van der Waals surface area contributed by atoms with Crippen LogP contribution in [0.1, 0.15) is 5.69 Å². The van der Waals surface area contributed by atoms with Crippen LogP contribution in [-0.4, -0.2) is 17.1 Å². The number of hydrogen-bond acceptors (Lipinski definition) is 4. The molecule has 2 aromatic rings. The van der Waals surface area contributed by atoms with E-state index in [-0.39, 0.29) is 0 Å². The topological polar surface area (TPSA) is 61.0 Å².